The molecule has 164 valence electrons. The average Bonchev–Trinajstić information content (AvgIpc) is 3.52. The van der Waals surface area contributed by atoms with Crippen molar-refractivity contribution in [2.45, 2.75) is 43.6 Å². The maximum atomic E-state index is 13.1. The molecular weight excluding hydrogens is 413 g/mol. The van der Waals surface area contributed by atoms with Gasteiger partial charge in [-0.3, -0.25) is 4.79 Å². The van der Waals surface area contributed by atoms with Crippen LogP contribution in [0.4, 0.5) is 13.2 Å². The van der Waals surface area contributed by atoms with Gasteiger partial charge in [0.15, 0.2) is 0 Å². The summed E-state index contributed by atoms with van der Waals surface area (Å²) in [7, 11) is 0. The highest BCUT2D eigenvalue weighted by molar-refractivity contribution is 5.82. The van der Waals surface area contributed by atoms with Gasteiger partial charge >= 0.3 is 6.18 Å². The third kappa shape index (κ3) is 3.79. The number of hydrazine groups is 1. The number of nitrogens with zero attached hydrogens (tertiary/aromatic N) is 4. The van der Waals surface area contributed by atoms with E-state index in [2.05, 4.69) is 21.2 Å². The molecule has 0 bridgehead atoms. The van der Waals surface area contributed by atoms with Crippen molar-refractivity contribution in [1.82, 2.24) is 30.7 Å². The van der Waals surface area contributed by atoms with Crippen LogP contribution in [0.2, 0.25) is 0 Å². The first-order chi connectivity index (χ1) is 14.9. The quantitative estimate of drug-likeness (QED) is 0.659. The lowest BCUT2D eigenvalue weighted by Gasteiger charge is -2.34. The Hall–Kier alpha value is -2.92. The van der Waals surface area contributed by atoms with E-state index in [4.69, 9.17) is 4.42 Å². The van der Waals surface area contributed by atoms with Gasteiger partial charge in [0.25, 0.3) is 0 Å². The first kappa shape index (κ1) is 20.0. The van der Waals surface area contributed by atoms with Crippen LogP contribution >= 0.6 is 0 Å². The van der Waals surface area contributed by atoms with E-state index in [-0.39, 0.29) is 29.5 Å². The van der Waals surface area contributed by atoms with Gasteiger partial charge in [-0.1, -0.05) is 5.21 Å². The van der Waals surface area contributed by atoms with Gasteiger partial charge in [0.2, 0.25) is 5.91 Å². The fourth-order valence-electron chi connectivity index (χ4n) is 4.36. The maximum Gasteiger partial charge on any atom is 0.416 e. The summed E-state index contributed by atoms with van der Waals surface area (Å²) in [5.74, 6) is 0.752. The normalized spacial score (nSPS) is 24.7. The second-order valence-electron chi connectivity index (χ2n) is 7.96. The number of hydrogen-bond acceptors (Lipinski definition) is 6. The number of furan rings is 1. The summed E-state index contributed by atoms with van der Waals surface area (Å²) in [4.78, 5) is 14.9. The van der Waals surface area contributed by atoms with Gasteiger partial charge in [0, 0.05) is 13.1 Å². The highest BCUT2D eigenvalue weighted by Crippen LogP contribution is 2.32. The van der Waals surface area contributed by atoms with Gasteiger partial charge in [-0.15, -0.1) is 5.10 Å². The molecular formula is C20H21F3N6O2. The van der Waals surface area contributed by atoms with Crippen LogP contribution in [-0.4, -0.2) is 44.9 Å². The number of aromatic nitrogens is 3. The van der Waals surface area contributed by atoms with Gasteiger partial charge in [0.1, 0.15) is 17.3 Å². The number of hydrogen-bond donors (Lipinski definition) is 2. The number of piperidine rings is 1. The van der Waals surface area contributed by atoms with Gasteiger partial charge < -0.3 is 9.32 Å². The molecule has 3 atom stereocenters. The van der Waals surface area contributed by atoms with E-state index >= 15 is 0 Å². The standard InChI is InChI=1S/C20H21F3N6O2/c21-20(22,23)12-5-6-17-14(9-12)26-27-29(17)13-3-1-7-28(11-13)19(30)16-10-15(24-25-16)18-4-2-8-31-18/h2,4-6,8-9,13,15-16,24-25H,1,3,7,10-11H2. The van der Waals surface area contributed by atoms with Crippen molar-refractivity contribution in [1.29, 1.82) is 0 Å². The Morgan fingerprint density at radius 2 is 2.10 bits per heavy atom. The minimum Gasteiger partial charge on any atom is -0.468 e. The van der Waals surface area contributed by atoms with Crippen LogP contribution in [0.15, 0.2) is 41.0 Å². The molecule has 3 aromatic rings. The summed E-state index contributed by atoms with van der Waals surface area (Å²) in [6.45, 7) is 1.06. The lowest BCUT2D eigenvalue weighted by molar-refractivity contribution is -0.137. The van der Waals surface area contributed by atoms with Gasteiger partial charge in [-0.05, 0) is 49.6 Å². The molecule has 5 rings (SSSR count). The Kier molecular flexibility index (Phi) is 4.94. The van der Waals surface area contributed by atoms with Crippen LogP contribution in [0.25, 0.3) is 11.0 Å². The molecule has 2 aromatic heterocycles. The van der Waals surface area contributed by atoms with E-state index in [1.54, 1.807) is 15.8 Å². The molecule has 2 N–H and O–H groups in total. The lowest BCUT2D eigenvalue weighted by atomic mass is 10.0. The molecule has 0 radical (unpaired) electrons. The SMILES string of the molecule is O=C(C1CC(c2ccco2)NN1)N1CCCC(n2nnc3cc(C(F)(F)F)ccc32)C1. The summed E-state index contributed by atoms with van der Waals surface area (Å²) in [6.07, 6.45) is -0.710. The monoisotopic (exact) mass is 434 g/mol. The minimum absolute atomic E-state index is 0.0185. The van der Waals surface area contributed by atoms with E-state index in [0.29, 0.717) is 25.0 Å². The molecule has 1 aromatic carbocycles. The average molecular weight is 434 g/mol. The van der Waals surface area contributed by atoms with Crippen molar-refractivity contribution in [3.8, 4) is 0 Å². The topological polar surface area (TPSA) is 88.2 Å². The number of nitrogens with one attached hydrogen (secondary N) is 2. The number of fused-ring (bicyclic) bond motifs is 1. The smallest absolute Gasteiger partial charge is 0.416 e. The molecule has 0 spiro atoms. The number of alkyl halides is 3. The van der Waals surface area contributed by atoms with Crippen molar-refractivity contribution in [2.24, 2.45) is 0 Å². The summed E-state index contributed by atoms with van der Waals surface area (Å²) in [5, 5.41) is 8.03. The van der Waals surface area contributed by atoms with Crippen molar-refractivity contribution < 1.29 is 22.4 Å². The number of likely N-dealkylation sites (tertiary alicyclic amines) is 1. The predicted octanol–water partition coefficient (Wildman–Crippen LogP) is 2.81. The zero-order valence-electron chi connectivity index (χ0n) is 16.5. The third-order valence-electron chi connectivity index (χ3n) is 5.94. The Bertz CT molecular complexity index is 1080. The second-order valence-corrected chi connectivity index (χ2v) is 7.96. The number of rotatable bonds is 3. The van der Waals surface area contributed by atoms with Crippen molar-refractivity contribution in [2.75, 3.05) is 13.1 Å². The Labute approximate surface area is 175 Å². The van der Waals surface area contributed by atoms with Crippen molar-refractivity contribution >= 4 is 16.9 Å². The van der Waals surface area contributed by atoms with Crippen LogP contribution in [0.5, 0.6) is 0 Å². The maximum absolute atomic E-state index is 13.1. The molecule has 0 saturated carbocycles. The summed E-state index contributed by atoms with van der Waals surface area (Å²) in [6, 6.07) is 6.52. The Morgan fingerprint density at radius 3 is 2.87 bits per heavy atom. The van der Waals surface area contributed by atoms with Crippen LogP contribution in [0.1, 0.15) is 42.7 Å². The van der Waals surface area contributed by atoms with E-state index in [1.165, 1.54) is 6.07 Å². The summed E-state index contributed by atoms with van der Waals surface area (Å²) in [5.41, 5.74) is 6.13. The van der Waals surface area contributed by atoms with Gasteiger partial charge in [-0.25, -0.2) is 15.5 Å². The highest BCUT2D eigenvalue weighted by Gasteiger charge is 2.36. The molecule has 2 aliphatic heterocycles. The molecule has 11 heteroatoms. The van der Waals surface area contributed by atoms with Crippen LogP contribution in [0.3, 0.4) is 0 Å². The van der Waals surface area contributed by atoms with E-state index in [1.807, 2.05) is 12.1 Å². The fraction of sp³-hybridized carbons (Fsp3) is 0.450. The van der Waals surface area contributed by atoms with Crippen LogP contribution < -0.4 is 10.9 Å². The first-order valence-corrected chi connectivity index (χ1v) is 10.2. The molecule has 8 nitrogen and oxygen atoms in total. The zero-order valence-corrected chi connectivity index (χ0v) is 16.5. The van der Waals surface area contributed by atoms with Crippen molar-refractivity contribution in [3.63, 3.8) is 0 Å². The Morgan fingerprint density at radius 1 is 1.23 bits per heavy atom. The molecule has 2 aliphatic rings. The number of amides is 1. The number of carbonyl (C=O) groups is 1. The van der Waals surface area contributed by atoms with Crippen LogP contribution in [0, 0.1) is 0 Å². The molecule has 4 heterocycles. The predicted molar refractivity (Wildman–Crippen MR) is 104 cm³/mol. The van der Waals surface area contributed by atoms with E-state index < -0.39 is 11.7 Å². The second kappa shape index (κ2) is 7.65. The highest BCUT2D eigenvalue weighted by atomic mass is 19.4. The fourth-order valence-corrected chi connectivity index (χ4v) is 4.36. The summed E-state index contributed by atoms with van der Waals surface area (Å²) >= 11 is 0. The van der Waals surface area contributed by atoms with Crippen molar-refractivity contribution in [3.05, 3.63) is 47.9 Å². The number of benzene rings is 1. The molecule has 3 unspecified atom stereocenters. The minimum atomic E-state index is -4.43. The Balaban J connectivity index is 1.30. The molecule has 2 fully saturated rings. The summed E-state index contributed by atoms with van der Waals surface area (Å²) < 4.78 is 46.0. The van der Waals surface area contributed by atoms with E-state index in [0.717, 1.165) is 30.7 Å². The molecule has 1 amide bonds. The largest absolute Gasteiger partial charge is 0.468 e. The zero-order chi connectivity index (χ0) is 21.6. The van der Waals surface area contributed by atoms with Gasteiger partial charge in [-0.2, -0.15) is 13.2 Å². The molecule has 31 heavy (non-hydrogen) atoms. The lowest BCUT2D eigenvalue weighted by Crippen LogP contribution is -2.49. The van der Waals surface area contributed by atoms with Crippen LogP contribution in [-0.2, 0) is 11.0 Å². The van der Waals surface area contributed by atoms with Gasteiger partial charge in [0.05, 0.1) is 29.4 Å². The number of halogens is 3. The molecule has 0 aliphatic carbocycles. The third-order valence-corrected chi connectivity index (χ3v) is 5.94. The van der Waals surface area contributed by atoms with E-state index in [9.17, 15) is 18.0 Å². The molecule has 2 saturated heterocycles. The first-order valence-electron chi connectivity index (χ1n) is 10.2. The number of carbonyl (C=O) groups excluding carboxylic acids is 1.